The number of aliphatic carboxylic acids is 1. The van der Waals surface area contributed by atoms with Gasteiger partial charge in [0.2, 0.25) is 0 Å². The molecule has 5 nitrogen and oxygen atoms in total. The molecule has 0 bridgehead atoms. The normalized spacial score (nSPS) is 10.8. The van der Waals surface area contributed by atoms with Crippen molar-refractivity contribution in [1.82, 2.24) is 9.55 Å². The molecule has 5 heteroatoms. The number of aromatic amines is 1. The minimum Gasteiger partial charge on any atom is -0.478 e. The maximum absolute atomic E-state index is 11.4. The third-order valence-electron chi connectivity index (χ3n) is 2.22. The molecule has 1 heterocycles. The van der Waals surface area contributed by atoms with Crippen molar-refractivity contribution in [1.29, 1.82) is 0 Å². The van der Waals surface area contributed by atoms with Gasteiger partial charge >= 0.3 is 11.7 Å². The standard InChI is InChI=1S/C12H10N2O3/c15-11(16)5-4-9-2-1-3-10(8-9)14-7-6-13-12(14)17/h1-8H,(H,13,17)(H,15,16)/b5-4+. The van der Waals surface area contributed by atoms with Crippen LogP contribution in [0.4, 0.5) is 0 Å². The van der Waals surface area contributed by atoms with Crippen LogP contribution < -0.4 is 5.69 Å². The maximum Gasteiger partial charge on any atom is 0.330 e. The number of hydrogen-bond acceptors (Lipinski definition) is 2. The number of imidazole rings is 1. The van der Waals surface area contributed by atoms with E-state index in [1.165, 1.54) is 10.6 Å². The van der Waals surface area contributed by atoms with Crippen LogP contribution in [-0.4, -0.2) is 20.6 Å². The summed E-state index contributed by atoms with van der Waals surface area (Å²) in [6, 6.07) is 7.03. The molecule has 0 amide bonds. The highest BCUT2D eigenvalue weighted by molar-refractivity contribution is 5.85. The highest BCUT2D eigenvalue weighted by Gasteiger charge is 1.99. The minimum absolute atomic E-state index is 0.232. The van der Waals surface area contributed by atoms with Crippen LogP contribution in [0.3, 0.4) is 0 Å². The first-order valence-corrected chi connectivity index (χ1v) is 4.94. The summed E-state index contributed by atoms with van der Waals surface area (Å²) < 4.78 is 1.44. The van der Waals surface area contributed by atoms with Crippen LogP contribution in [0.1, 0.15) is 5.56 Å². The predicted octanol–water partition coefficient (Wildman–Crippen LogP) is 1.26. The molecule has 86 valence electrons. The number of carboxylic acid groups (broad SMARTS) is 1. The molecule has 17 heavy (non-hydrogen) atoms. The molecular weight excluding hydrogens is 220 g/mol. The van der Waals surface area contributed by atoms with Crippen LogP contribution in [0.2, 0.25) is 0 Å². The lowest BCUT2D eigenvalue weighted by molar-refractivity contribution is -0.131. The summed E-state index contributed by atoms with van der Waals surface area (Å²) in [5.74, 6) is -1.01. The largest absolute Gasteiger partial charge is 0.478 e. The predicted molar refractivity (Wildman–Crippen MR) is 63.1 cm³/mol. The van der Waals surface area contributed by atoms with Crippen LogP contribution in [0.25, 0.3) is 11.8 Å². The zero-order chi connectivity index (χ0) is 12.3. The lowest BCUT2D eigenvalue weighted by atomic mass is 10.2. The number of carbonyl (C=O) groups is 1. The summed E-state index contributed by atoms with van der Waals surface area (Å²) in [7, 11) is 0. The molecule has 0 aliphatic carbocycles. The number of carboxylic acids is 1. The first kappa shape index (κ1) is 10.9. The first-order valence-electron chi connectivity index (χ1n) is 4.94. The Morgan fingerprint density at radius 3 is 2.88 bits per heavy atom. The van der Waals surface area contributed by atoms with Gasteiger partial charge in [0.25, 0.3) is 0 Å². The van der Waals surface area contributed by atoms with Gasteiger partial charge in [-0.2, -0.15) is 0 Å². The molecule has 1 aromatic carbocycles. The van der Waals surface area contributed by atoms with Crippen molar-refractivity contribution < 1.29 is 9.90 Å². The summed E-state index contributed by atoms with van der Waals surface area (Å²) in [6.07, 6.45) is 5.69. The Balaban J connectivity index is 2.39. The van der Waals surface area contributed by atoms with Gasteiger partial charge in [-0.3, -0.25) is 4.57 Å². The quantitative estimate of drug-likeness (QED) is 0.779. The molecule has 2 rings (SSSR count). The minimum atomic E-state index is -1.01. The van der Waals surface area contributed by atoms with Gasteiger partial charge in [-0.15, -0.1) is 0 Å². The van der Waals surface area contributed by atoms with Crippen molar-refractivity contribution in [3.63, 3.8) is 0 Å². The van der Waals surface area contributed by atoms with Crippen LogP contribution in [-0.2, 0) is 4.79 Å². The van der Waals surface area contributed by atoms with Crippen LogP contribution in [0.5, 0.6) is 0 Å². The number of aromatic nitrogens is 2. The SMILES string of the molecule is O=C(O)/C=C/c1cccc(-n2cc[nH]c2=O)c1. The van der Waals surface area contributed by atoms with Crippen LogP contribution in [0.15, 0.2) is 47.5 Å². The monoisotopic (exact) mass is 230 g/mol. The second-order valence-electron chi connectivity index (χ2n) is 3.40. The Labute approximate surface area is 96.6 Å². The average Bonchev–Trinajstić information content (AvgIpc) is 2.73. The molecule has 0 aliphatic heterocycles. The summed E-state index contributed by atoms with van der Waals surface area (Å²) >= 11 is 0. The number of H-pyrrole nitrogens is 1. The number of nitrogens with one attached hydrogen (secondary N) is 1. The Morgan fingerprint density at radius 1 is 1.41 bits per heavy atom. The second kappa shape index (κ2) is 4.52. The van der Waals surface area contributed by atoms with E-state index >= 15 is 0 Å². The Hall–Kier alpha value is -2.56. The van der Waals surface area contributed by atoms with Gasteiger partial charge in [0.1, 0.15) is 0 Å². The number of benzene rings is 1. The highest BCUT2D eigenvalue weighted by atomic mass is 16.4. The molecule has 0 radical (unpaired) electrons. The molecule has 2 aromatic rings. The first-order chi connectivity index (χ1) is 8.16. The van der Waals surface area contributed by atoms with E-state index in [1.54, 1.807) is 36.7 Å². The van der Waals surface area contributed by atoms with E-state index in [1.807, 2.05) is 0 Å². The fraction of sp³-hybridized carbons (Fsp3) is 0. The summed E-state index contributed by atoms with van der Waals surface area (Å²) in [5, 5.41) is 8.53. The van der Waals surface area contributed by atoms with Crippen molar-refractivity contribution in [3.05, 3.63) is 58.8 Å². The molecule has 2 N–H and O–H groups in total. The molecule has 0 spiro atoms. The number of rotatable bonds is 3. The topological polar surface area (TPSA) is 75.1 Å². The van der Waals surface area contributed by atoms with Crippen LogP contribution in [0, 0.1) is 0 Å². The number of hydrogen-bond donors (Lipinski definition) is 2. The third kappa shape index (κ3) is 2.52. The highest BCUT2D eigenvalue weighted by Crippen LogP contribution is 2.09. The molecule has 0 atom stereocenters. The van der Waals surface area contributed by atoms with Gasteiger partial charge in [0, 0.05) is 18.5 Å². The van der Waals surface area contributed by atoms with E-state index in [4.69, 9.17) is 5.11 Å². The Kier molecular flexibility index (Phi) is 2.91. The Morgan fingerprint density at radius 2 is 2.24 bits per heavy atom. The van der Waals surface area contributed by atoms with Crippen molar-refractivity contribution in [3.8, 4) is 5.69 Å². The molecule has 0 saturated heterocycles. The molecule has 0 aliphatic rings. The molecule has 1 aromatic heterocycles. The third-order valence-corrected chi connectivity index (χ3v) is 2.22. The van der Waals surface area contributed by atoms with Gasteiger partial charge in [-0.1, -0.05) is 12.1 Å². The van der Waals surface area contributed by atoms with E-state index in [9.17, 15) is 9.59 Å². The molecule has 0 saturated carbocycles. The van der Waals surface area contributed by atoms with Gasteiger partial charge in [-0.25, -0.2) is 9.59 Å². The summed E-state index contributed by atoms with van der Waals surface area (Å²) in [6.45, 7) is 0. The Bertz CT molecular complexity index is 622. The van der Waals surface area contributed by atoms with Crippen molar-refractivity contribution in [2.75, 3.05) is 0 Å². The smallest absolute Gasteiger partial charge is 0.330 e. The van der Waals surface area contributed by atoms with Gasteiger partial charge in [-0.05, 0) is 23.8 Å². The van der Waals surface area contributed by atoms with Crippen molar-refractivity contribution in [2.24, 2.45) is 0 Å². The van der Waals surface area contributed by atoms with Crippen molar-refractivity contribution >= 4 is 12.0 Å². The molecule has 0 fully saturated rings. The van der Waals surface area contributed by atoms with Crippen LogP contribution >= 0.6 is 0 Å². The van der Waals surface area contributed by atoms with E-state index in [2.05, 4.69) is 4.98 Å². The molecule has 0 unspecified atom stereocenters. The van der Waals surface area contributed by atoms with E-state index in [0.29, 0.717) is 5.69 Å². The lowest BCUT2D eigenvalue weighted by Crippen LogP contribution is -2.13. The average molecular weight is 230 g/mol. The zero-order valence-corrected chi connectivity index (χ0v) is 8.83. The lowest BCUT2D eigenvalue weighted by Gasteiger charge is -2.01. The van der Waals surface area contributed by atoms with Gasteiger partial charge < -0.3 is 10.1 Å². The van der Waals surface area contributed by atoms with Crippen molar-refractivity contribution in [2.45, 2.75) is 0 Å². The van der Waals surface area contributed by atoms with E-state index < -0.39 is 5.97 Å². The fourth-order valence-electron chi connectivity index (χ4n) is 1.47. The zero-order valence-electron chi connectivity index (χ0n) is 8.83. The number of nitrogens with zero attached hydrogens (tertiary/aromatic N) is 1. The van der Waals surface area contributed by atoms with E-state index in [0.717, 1.165) is 11.6 Å². The van der Waals surface area contributed by atoms with Gasteiger partial charge in [0.05, 0.1) is 5.69 Å². The second-order valence-corrected chi connectivity index (χ2v) is 3.40. The van der Waals surface area contributed by atoms with Gasteiger partial charge in [0.15, 0.2) is 0 Å². The van der Waals surface area contributed by atoms with E-state index in [-0.39, 0.29) is 5.69 Å². The summed E-state index contributed by atoms with van der Waals surface area (Å²) in [5.41, 5.74) is 1.17. The summed E-state index contributed by atoms with van der Waals surface area (Å²) in [4.78, 5) is 24.3. The molecular formula is C12H10N2O3. The fourth-order valence-corrected chi connectivity index (χ4v) is 1.47. The maximum atomic E-state index is 11.4.